The van der Waals surface area contributed by atoms with E-state index in [4.69, 9.17) is 0 Å². The summed E-state index contributed by atoms with van der Waals surface area (Å²) < 4.78 is 1.82. The zero-order valence-electron chi connectivity index (χ0n) is 12.6. The average Bonchev–Trinajstić information content (AvgIpc) is 3.27. The van der Waals surface area contributed by atoms with Gasteiger partial charge in [-0.05, 0) is 11.6 Å². The molecule has 3 aromatic rings. The highest BCUT2D eigenvalue weighted by Gasteiger charge is 2.15. The molecule has 1 amide bonds. The van der Waals surface area contributed by atoms with Crippen molar-refractivity contribution in [1.82, 2.24) is 30.5 Å². The van der Waals surface area contributed by atoms with Crippen LogP contribution >= 0.6 is 0 Å². The molecule has 1 aromatic carbocycles. The maximum Gasteiger partial charge on any atom is 0.220 e. The number of H-pyrrole nitrogens is 1. The predicted molar refractivity (Wildman–Crippen MR) is 84.3 cm³/mol. The molecular formula is C16H18N6O. The van der Waals surface area contributed by atoms with E-state index in [0.29, 0.717) is 19.4 Å². The number of rotatable bonds is 7. The van der Waals surface area contributed by atoms with Gasteiger partial charge >= 0.3 is 0 Å². The molecule has 0 aliphatic carbocycles. The Morgan fingerprint density at radius 2 is 2.13 bits per heavy atom. The summed E-state index contributed by atoms with van der Waals surface area (Å²) >= 11 is 0. The molecule has 0 saturated carbocycles. The van der Waals surface area contributed by atoms with Crippen molar-refractivity contribution in [2.24, 2.45) is 0 Å². The number of amides is 1. The lowest BCUT2D eigenvalue weighted by atomic mass is 10.1. The van der Waals surface area contributed by atoms with Gasteiger partial charge in [0, 0.05) is 25.2 Å². The van der Waals surface area contributed by atoms with E-state index in [1.807, 2.05) is 47.3 Å². The Bertz CT molecular complexity index is 708. The molecular weight excluding hydrogens is 292 g/mol. The van der Waals surface area contributed by atoms with Gasteiger partial charge in [0.15, 0.2) is 0 Å². The Kier molecular flexibility index (Phi) is 4.78. The van der Waals surface area contributed by atoms with E-state index in [1.54, 1.807) is 12.4 Å². The van der Waals surface area contributed by atoms with E-state index in [1.165, 1.54) is 0 Å². The normalized spacial score (nSPS) is 12.0. The maximum absolute atomic E-state index is 12.3. The number of carbonyl (C=O) groups is 1. The van der Waals surface area contributed by atoms with Crippen LogP contribution < -0.4 is 5.32 Å². The van der Waals surface area contributed by atoms with Gasteiger partial charge in [-0.1, -0.05) is 30.3 Å². The second-order valence-corrected chi connectivity index (χ2v) is 5.22. The van der Waals surface area contributed by atoms with Gasteiger partial charge in [0.25, 0.3) is 0 Å². The molecule has 2 N–H and O–H groups in total. The number of aryl methyl sites for hydroxylation is 1. The maximum atomic E-state index is 12.3. The lowest BCUT2D eigenvalue weighted by Crippen LogP contribution is -2.31. The standard InChI is InChI=1S/C16H18N6O/c23-16(8-7-14-11-17-21-20-14)19-15(12-22-10-4-9-18-22)13-5-2-1-3-6-13/h1-6,9-11,15H,7-8,12H2,(H,19,23)(H,17,20,21). The fraction of sp³-hybridized carbons (Fsp3) is 0.250. The quantitative estimate of drug-likeness (QED) is 0.692. The van der Waals surface area contributed by atoms with Gasteiger partial charge in [-0.25, -0.2) is 0 Å². The van der Waals surface area contributed by atoms with E-state index in [-0.39, 0.29) is 11.9 Å². The highest BCUT2D eigenvalue weighted by molar-refractivity contribution is 5.76. The van der Waals surface area contributed by atoms with Crippen LogP contribution in [0.25, 0.3) is 0 Å². The van der Waals surface area contributed by atoms with Crippen molar-refractivity contribution in [3.63, 3.8) is 0 Å². The number of nitrogens with one attached hydrogen (secondary N) is 2. The van der Waals surface area contributed by atoms with Crippen LogP contribution in [0.1, 0.15) is 23.7 Å². The third-order valence-electron chi connectivity index (χ3n) is 3.54. The number of carbonyl (C=O) groups excluding carboxylic acids is 1. The summed E-state index contributed by atoms with van der Waals surface area (Å²) in [6.07, 6.45) is 6.18. The molecule has 118 valence electrons. The molecule has 0 aliphatic heterocycles. The van der Waals surface area contributed by atoms with Crippen molar-refractivity contribution in [2.75, 3.05) is 0 Å². The monoisotopic (exact) mass is 310 g/mol. The topological polar surface area (TPSA) is 88.5 Å². The lowest BCUT2D eigenvalue weighted by molar-refractivity contribution is -0.121. The van der Waals surface area contributed by atoms with E-state index in [2.05, 4.69) is 25.8 Å². The molecule has 3 rings (SSSR count). The minimum atomic E-state index is -0.124. The molecule has 0 aliphatic rings. The van der Waals surface area contributed by atoms with Gasteiger partial charge in [0.2, 0.25) is 5.91 Å². The van der Waals surface area contributed by atoms with Crippen molar-refractivity contribution >= 4 is 5.91 Å². The van der Waals surface area contributed by atoms with Crippen LogP contribution in [-0.4, -0.2) is 31.1 Å². The van der Waals surface area contributed by atoms with Crippen LogP contribution in [0.5, 0.6) is 0 Å². The van der Waals surface area contributed by atoms with Crippen LogP contribution in [0, 0.1) is 0 Å². The molecule has 1 unspecified atom stereocenters. The first kappa shape index (κ1) is 15.0. The van der Waals surface area contributed by atoms with Crippen LogP contribution in [0.15, 0.2) is 55.0 Å². The highest BCUT2D eigenvalue weighted by Crippen LogP contribution is 2.15. The molecule has 2 aromatic heterocycles. The van der Waals surface area contributed by atoms with E-state index < -0.39 is 0 Å². The first-order valence-electron chi connectivity index (χ1n) is 7.47. The SMILES string of the molecule is O=C(CCc1cn[nH]n1)NC(Cn1cccn1)c1ccccc1. The van der Waals surface area contributed by atoms with Crippen LogP contribution in [0.3, 0.4) is 0 Å². The van der Waals surface area contributed by atoms with Gasteiger partial charge in [-0.15, -0.1) is 0 Å². The Morgan fingerprint density at radius 3 is 2.83 bits per heavy atom. The number of nitrogens with zero attached hydrogens (tertiary/aromatic N) is 4. The predicted octanol–water partition coefficient (Wildman–Crippen LogP) is 1.49. The van der Waals surface area contributed by atoms with Crippen molar-refractivity contribution in [3.05, 3.63) is 66.2 Å². The molecule has 0 bridgehead atoms. The summed E-state index contributed by atoms with van der Waals surface area (Å²) in [6, 6.07) is 11.6. The van der Waals surface area contributed by atoms with Crippen LogP contribution in [0.4, 0.5) is 0 Å². The first-order valence-corrected chi connectivity index (χ1v) is 7.47. The van der Waals surface area contributed by atoms with E-state index in [9.17, 15) is 4.79 Å². The largest absolute Gasteiger partial charge is 0.347 e. The number of hydrogen-bond donors (Lipinski definition) is 2. The Labute approximate surface area is 133 Å². The summed E-state index contributed by atoms with van der Waals surface area (Å²) in [5.41, 5.74) is 1.83. The fourth-order valence-corrected chi connectivity index (χ4v) is 2.37. The van der Waals surface area contributed by atoms with Crippen LogP contribution in [0.2, 0.25) is 0 Å². The molecule has 0 spiro atoms. The zero-order chi connectivity index (χ0) is 15.9. The molecule has 0 saturated heterocycles. The Balaban J connectivity index is 1.64. The minimum absolute atomic E-state index is 0.0194. The number of benzene rings is 1. The Morgan fingerprint density at radius 1 is 1.26 bits per heavy atom. The Hall–Kier alpha value is -2.96. The van der Waals surface area contributed by atoms with Crippen molar-refractivity contribution in [1.29, 1.82) is 0 Å². The number of hydrogen-bond acceptors (Lipinski definition) is 4. The van der Waals surface area contributed by atoms with Gasteiger partial charge in [-0.3, -0.25) is 9.48 Å². The van der Waals surface area contributed by atoms with Crippen molar-refractivity contribution in [2.45, 2.75) is 25.4 Å². The second-order valence-electron chi connectivity index (χ2n) is 5.22. The molecule has 0 radical (unpaired) electrons. The van der Waals surface area contributed by atoms with Gasteiger partial charge in [-0.2, -0.15) is 20.5 Å². The highest BCUT2D eigenvalue weighted by atomic mass is 16.1. The van der Waals surface area contributed by atoms with Gasteiger partial charge < -0.3 is 5.32 Å². The number of aromatic amines is 1. The van der Waals surface area contributed by atoms with Crippen molar-refractivity contribution < 1.29 is 4.79 Å². The minimum Gasteiger partial charge on any atom is -0.347 e. The second kappa shape index (κ2) is 7.35. The molecule has 2 heterocycles. The third-order valence-corrected chi connectivity index (χ3v) is 3.54. The van der Waals surface area contributed by atoms with Gasteiger partial charge in [0.05, 0.1) is 24.5 Å². The number of aromatic nitrogens is 5. The summed E-state index contributed by atoms with van der Waals surface area (Å²) in [6.45, 7) is 0.590. The van der Waals surface area contributed by atoms with Gasteiger partial charge in [0.1, 0.15) is 0 Å². The van der Waals surface area contributed by atoms with E-state index in [0.717, 1.165) is 11.3 Å². The summed E-state index contributed by atoms with van der Waals surface area (Å²) in [5, 5.41) is 17.5. The molecule has 0 fully saturated rings. The van der Waals surface area contributed by atoms with E-state index >= 15 is 0 Å². The lowest BCUT2D eigenvalue weighted by Gasteiger charge is -2.19. The first-order chi connectivity index (χ1) is 11.3. The fourth-order valence-electron chi connectivity index (χ4n) is 2.37. The van der Waals surface area contributed by atoms with Crippen molar-refractivity contribution in [3.8, 4) is 0 Å². The smallest absolute Gasteiger partial charge is 0.220 e. The third kappa shape index (κ3) is 4.26. The summed E-state index contributed by atoms with van der Waals surface area (Å²) in [7, 11) is 0. The summed E-state index contributed by atoms with van der Waals surface area (Å²) in [5.74, 6) is -0.0194. The summed E-state index contributed by atoms with van der Waals surface area (Å²) in [4.78, 5) is 12.3. The molecule has 23 heavy (non-hydrogen) atoms. The van der Waals surface area contributed by atoms with Crippen LogP contribution in [-0.2, 0) is 17.8 Å². The average molecular weight is 310 g/mol. The zero-order valence-corrected chi connectivity index (χ0v) is 12.6. The molecule has 1 atom stereocenters. The molecule has 7 heteroatoms. The molecule has 7 nitrogen and oxygen atoms in total.